The van der Waals surface area contributed by atoms with Crippen LogP contribution in [0.5, 0.6) is 0 Å². The molecule has 1 unspecified atom stereocenters. The van der Waals surface area contributed by atoms with Crippen molar-refractivity contribution >= 4 is 55.5 Å². The fourth-order valence-electron chi connectivity index (χ4n) is 0.977. The van der Waals surface area contributed by atoms with Gasteiger partial charge in [0.25, 0.3) is 0 Å². The number of rotatable bonds is 4. The molecular weight excluding hydrogens is 378 g/mol. The summed E-state index contributed by atoms with van der Waals surface area (Å²) in [5.41, 5.74) is 5.45. The number of benzene rings is 1. The van der Waals surface area contributed by atoms with Crippen molar-refractivity contribution in [1.29, 1.82) is 0 Å². The zero-order valence-electron chi connectivity index (χ0n) is 8.78. The van der Waals surface area contributed by atoms with E-state index in [9.17, 15) is 12.8 Å². The summed E-state index contributed by atoms with van der Waals surface area (Å²) < 4.78 is 39.3. The van der Waals surface area contributed by atoms with Crippen LogP contribution in [0, 0.1) is 9.39 Å². The molecule has 3 N–H and O–H groups in total. The first-order valence-electron chi connectivity index (χ1n) is 4.50. The van der Waals surface area contributed by atoms with Gasteiger partial charge in [0, 0.05) is 0 Å². The maximum atomic E-state index is 13.2. The molecule has 0 saturated carbocycles. The van der Waals surface area contributed by atoms with Crippen molar-refractivity contribution < 1.29 is 12.8 Å². The molecule has 0 heterocycles. The first-order valence-corrected chi connectivity index (χ1v) is 7.54. The minimum atomic E-state index is -3.74. The molecule has 17 heavy (non-hydrogen) atoms. The molecule has 0 aliphatic carbocycles. The smallest absolute Gasteiger partial charge is 0.241 e. The first kappa shape index (κ1) is 14.6. The third-order valence-corrected chi connectivity index (χ3v) is 5.36. The Kier molecular flexibility index (Phi) is 4.67. The Labute approximate surface area is 118 Å². The molecule has 1 atom stereocenters. The lowest BCUT2D eigenvalue weighted by Gasteiger charge is -2.14. The lowest BCUT2D eigenvalue weighted by atomic mass is 10.3. The van der Waals surface area contributed by atoms with E-state index in [1.807, 2.05) is 0 Å². The number of nitrogens with two attached hydrogens (primary N) is 1. The van der Waals surface area contributed by atoms with Crippen molar-refractivity contribution in [3.05, 3.63) is 27.6 Å². The van der Waals surface area contributed by atoms with E-state index in [-0.39, 0.29) is 14.2 Å². The molecule has 0 fully saturated rings. The normalized spacial score (nSPS) is 13.1. The monoisotopic (exact) mass is 388 g/mol. The summed E-state index contributed by atoms with van der Waals surface area (Å²) in [5, 5.41) is -1.02. The van der Waals surface area contributed by atoms with Gasteiger partial charge in [-0.3, -0.25) is 4.72 Å². The van der Waals surface area contributed by atoms with E-state index in [0.29, 0.717) is 0 Å². The van der Waals surface area contributed by atoms with Crippen LogP contribution in [0.1, 0.15) is 6.92 Å². The van der Waals surface area contributed by atoms with E-state index in [1.54, 1.807) is 22.6 Å². The van der Waals surface area contributed by atoms with Gasteiger partial charge in [-0.25, -0.2) is 12.8 Å². The highest BCUT2D eigenvalue weighted by atomic mass is 127. The molecule has 8 heteroatoms. The average molecular weight is 388 g/mol. The molecule has 0 spiro atoms. The number of anilines is 1. The molecule has 0 bridgehead atoms. The van der Waals surface area contributed by atoms with Crippen molar-refractivity contribution in [3.8, 4) is 0 Å². The Morgan fingerprint density at radius 3 is 2.71 bits per heavy atom. The number of hydrogen-bond acceptors (Lipinski definition) is 3. The summed E-state index contributed by atoms with van der Waals surface area (Å²) in [7, 11) is -3.74. The van der Waals surface area contributed by atoms with Gasteiger partial charge >= 0.3 is 0 Å². The maximum absolute atomic E-state index is 13.2. The van der Waals surface area contributed by atoms with E-state index >= 15 is 0 Å². The Morgan fingerprint density at radius 2 is 2.18 bits per heavy atom. The zero-order valence-corrected chi connectivity index (χ0v) is 12.6. The van der Waals surface area contributed by atoms with Crippen molar-refractivity contribution in [2.24, 2.45) is 5.73 Å². The fraction of sp³-hybridized carbons (Fsp3) is 0.222. The molecule has 0 aromatic heterocycles. The second kappa shape index (κ2) is 5.44. The average Bonchev–Trinajstić information content (AvgIpc) is 2.23. The van der Waals surface area contributed by atoms with E-state index in [2.05, 4.69) is 16.9 Å². The van der Waals surface area contributed by atoms with Crippen LogP contribution < -0.4 is 10.5 Å². The van der Waals surface area contributed by atoms with Crippen LogP contribution >= 0.6 is 34.8 Å². The van der Waals surface area contributed by atoms with Gasteiger partial charge in [0.15, 0.2) is 0 Å². The van der Waals surface area contributed by atoms with E-state index in [0.717, 1.165) is 0 Å². The second-order valence-corrected chi connectivity index (χ2v) is 6.84. The van der Waals surface area contributed by atoms with Gasteiger partial charge in [0.1, 0.15) is 11.1 Å². The van der Waals surface area contributed by atoms with E-state index in [1.165, 1.54) is 25.1 Å². The molecule has 1 aromatic rings. The molecule has 1 rings (SSSR count). The molecule has 4 nitrogen and oxygen atoms in total. The summed E-state index contributed by atoms with van der Waals surface area (Å²) in [6, 6.07) is 4.13. The molecule has 0 aliphatic rings. The summed E-state index contributed by atoms with van der Waals surface area (Å²) in [6.45, 7) is 1.37. The number of nitrogens with one attached hydrogen (secondary N) is 1. The summed E-state index contributed by atoms with van der Waals surface area (Å²) in [6.07, 6.45) is 0. The van der Waals surface area contributed by atoms with E-state index in [4.69, 9.17) is 5.73 Å². The highest BCUT2D eigenvalue weighted by Crippen LogP contribution is 2.22. The van der Waals surface area contributed by atoms with Crippen LogP contribution in [-0.2, 0) is 10.0 Å². The highest BCUT2D eigenvalue weighted by molar-refractivity contribution is 14.1. The van der Waals surface area contributed by atoms with Crippen LogP contribution in [0.3, 0.4) is 0 Å². The molecule has 0 aliphatic heterocycles. The Hall–Kier alpha value is -0.480. The first-order chi connectivity index (χ1) is 7.75. The molecular formula is C9H10FIN2O2S2. The van der Waals surface area contributed by atoms with Crippen LogP contribution in [0.15, 0.2) is 18.2 Å². The standard InChI is InChI=1S/C9H10FIN2O2S2/c1-5(9(12)16)17(14,15)13-7-4-2-3-6(10)8(7)11/h2-5,13H,1H3,(H2,12,16). The summed E-state index contributed by atoms with van der Waals surface area (Å²) >= 11 is 6.34. The van der Waals surface area contributed by atoms with Gasteiger partial charge in [-0.05, 0) is 41.6 Å². The third kappa shape index (κ3) is 3.49. The van der Waals surface area contributed by atoms with E-state index < -0.39 is 21.1 Å². The number of thiocarbonyl (C=S) groups is 1. The topological polar surface area (TPSA) is 72.2 Å². The Bertz CT molecular complexity index is 548. The molecule has 1 aromatic carbocycles. The summed E-state index contributed by atoms with van der Waals surface area (Å²) in [5.74, 6) is -0.492. The highest BCUT2D eigenvalue weighted by Gasteiger charge is 2.24. The quantitative estimate of drug-likeness (QED) is 0.610. The van der Waals surface area contributed by atoms with Gasteiger partial charge in [-0.1, -0.05) is 18.3 Å². The number of halogens is 2. The largest absolute Gasteiger partial charge is 0.392 e. The van der Waals surface area contributed by atoms with Gasteiger partial charge in [0.05, 0.1) is 14.2 Å². The van der Waals surface area contributed by atoms with Gasteiger partial charge in [-0.15, -0.1) is 0 Å². The predicted molar refractivity (Wildman–Crippen MR) is 77.9 cm³/mol. The van der Waals surface area contributed by atoms with Crippen molar-refractivity contribution in [2.75, 3.05) is 4.72 Å². The Balaban J connectivity index is 3.07. The molecule has 0 amide bonds. The lowest BCUT2D eigenvalue weighted by molar-refractivity contribution is 0.598. The van der Waals surface area contributed by atoms with Crippen LogP contribution in [0.4, 0.5) is 10.1 Å². The van der Waals surface area contributed by atoms with Crippen molar-refractivity contribution in [3.63, 3.8) is 0 Å². The maximum Gasteiger partial charge on any atom is 0.241 e. The SMILES string of the molecule is CC(C(N)=S)S(=O)(=O)Nc1cccc(F)c1I. The minimum Gasteiger partial charge on any atom is -0.392 e. The number of sulfonamides is 1. The fourth-order valence-corrected chi connectivity index (χ4v) is 2.99. The number of hydrogen-bond donors (Lipinski definition) is 2. The molecule has 0 saturated heterocycles. The van der Waals surface area contributed by atoms with Crippen molar-refractivity contribution in [2.45, 2.75) is 12.2 Å². The third-order valence-electron chi connectivity index (χ3n) is 2.07. The second-order valence-electron chi connectivity index (χ2n) is 3.29. The Morgan fingerprint density at radius 1 is 1.59 bits per heavy atom. The molecule has 94 valence electrons. The van der Waals surface area contributed by atoms with Gasteiger partial charge < -0.3 is 5.73 Å². The van der Waals surface area contributed by atoms with Crippen molar-refractivity contribution in [1.82, 2.24) is 0 Å². The van der Waals surface area contributed by atoms with Crippen LogP contribution in [0.2, 0.25) is 0 Å². The van der Waals surface area contributed by atoms with Gasteiger partial charge in [-0.2, -0.15) is 0 Å². The minimum absolute atomic E-state index is 0.135. The predicted octanol–water partition coefficient (Wildman–Crippen LogP) is 1.85. The van der Waals surface area contributed by atoms with Crippen LogP contribution in [0.25, 0.3) is 0 Å². The molecule has 0 radical (unpaired) electrons. The zero-order chi connectivity index (χ0) is 13.2. The van der Waals surface area contributed by atoms with Crippen LogP contribution in [-0.4, -0.2) is 18.7 Å². The lowest BCUT2D eigenvalue weighted by Crippen LogP contribution is -2.35. The van der Waals surface area contributed by atoms with Gasteiger partial charge in [0.2, 0.25) is 10.0 Å². The summed E-state index contributed by atoms with van der Waals surface area (Å²) in [4.78, 5) is -0.135.